The van der Waals surface area contributed by atoms with Crippen molar-refractivity contribution in [3.63, 3.8) is 0 Å². The van der Waals surface area contributed by atoms with E-state index >= 15 is 0 Å². The number of methoxy groups -OCH3 is 1. The predicted molar refractivity (Wildman–Crippen MR) is 118 cm³/mol. The van der Waals surface area contributed by atoms with Crippen LogP contribution in [0.25, 0.3) is 0 Å². The molecule has 0 bridgehead atoms. The van der Waals surface area contributed by atoms with E-state index in [9.17, 15) is 14.4 Å². The molecule has 0 fully saturated rings. The molecule has 166 valence electrons. The summed E-state index contributed by atoms with van der Waals surface area (Å²) in [5.41, 5.74) is 1.09. The Kier molecular flexibility index (Phi) is 6.83. The molecule has 1 heterocycles. The third-order valence-corrected chi connectivity index (χ3v) is 5.40. The first-order valence-electron chi connectivity index (χ1n) is 10.6. The number of amides is 1. The van der Waals surface area contributed by atoms with Crippen molar-refractivity contribution in [1.82, 2.24) is 10.3 Å². The molecule has 31 heavy (non-hydrogen) atoms. The summed E-state index contributed by atoms with van der Waals surface area (Å²) in [6, 6.07) is 6.87. The molecule has 0 atom stereocenters. The van der Waals surface area contributed by atoms with Gasteiger partial charge >= 0.3 is 0 Å². The minimum Gasteiger partial charge on any atom is -0.493 e. The highest BCUT2D eigenvalue weighted by atomic mass is 16.5. The number of carbonyl (C=O) groups excluding carboxylic acids is 2. The Hall–Kier alpha value is -3.09. The molecule has 0 unspecified atom stereocenters. The molecule has 2 aromatic rings. The molecule has 7 heteroatoms. The number of Topliss-reactive ketones (excluding diaryl/α,β-unsaturated/α-hetero) is 1. The average Bonchev–Trinajstić information content (AvgIpc) is 2.71. The lowest BCUT2D eigenvalue weighted by atomic mass is 9.75. The van der Waals surface area contributed by atoms with Gasteiger partial charge in [0.05, 0.1) is 13.7 Å². The highest BCUT2D eigenvalue weighted by Crippen LogP contribution is 2.33. The van der Waals surface area contributed by atoms with Crippen molar-refractivity contribution in [1.29, 1.82) is 0 Å². The summed E-state index contributed by atoms with van der Waals surface area (Å²) in [6.45, 7) is 6.89. The molecule has 1 aliphatic carbocycles. The summed E-state index contributed by atoms with van der Waals surface area (Å²) in [5.74, 6) is 0.658. The van der Waals surface area contributed by atoms with Gasteiger partial charge < -0.3 is 19.8 Å². The molecule has 0 spiro atoms. The quantitative estimate of drug-likeness (QED) is 0.628. The fraction of sp³-hybridized carbons (Fsp3) is 0.458. The number of ketones is 1. The molecule has 1 aromatic carbocycles. The molecule has 0 radical (unpaired) electrons. The van der Waals surface area contributed by atoms with Crippen LogP contribution in [0.5, 0.6) is 11.5 Å². The number of unbranched alkanes of at least 4 members (excludes halogenated alkanes) is 1. The lowest BCUT2D eigenvalue weighted by Gasteiger charge is -2.29. The Labute approximate surface area is 182 Å². The van der Waals surface area contributed by atoms with Gasteiger partial charge in [0.1, 0.15) is 5.56 Å². The summed E-state index contributed by atoms with van der Waals surface area (Å²) >= 11 is 0. The van der Waals surface area contributed by atoms with Gasteiger partial charge in [0.2, 0.25) is 0 Å². The van der Waals surface area contributed by atoms with Gasteiger partial charge in [-0.2, -0.15) is 0 Å². The number of H-pyrrole nitrogens is 1. The lowest BCUT2D eigenvalue weighted by molar-refractivity contribution is 0.0910. The van der Waals surface area contributed by atoms with Gasteiger partial charge in [0.15, 0.2) is 17.3 Å². The minimum absolute atomic E-state index is 0.0556. The molecule has 2 N–H and O–H groups in total. The number of carbonyl (C=O) groups is 2. The summed E-state index contributed by atoms with van der Waals surface area (Å²) in [7, 11) is 1.56. The van der Waals surface area contributed by atoms with Crippen LogP contribution < -0.4 is 20.3 Å². The van der Waals surface area contributed by atoms with E-state index in [2.05, 4.69) is 17.2 Å². The number of aromatic amines is 1. The zero-order chi connectivity index (χ0) is 22.6. The molecule has 1 aliphatic rings. The van der Waals surface area contributed by atoms with Crippen LogP contribution in [0.3, 0.4) is 0 Å². The van der Waals surface area contributed by atoms with Crippen molar-refractivity contribution in [2.75, 3.05) is 13.7 Å². The number of nitrogens with one attached hydrogen (secondary N) is 2. The standard InChI is InChI=1S/C24H30N2O5/c1-5-6-9-31-20-8-7-15(10-21(20)30-4)14-25-22(28)17-11-16-18(26-23(17)29)12-24(2,3)13-19(16)27/h7-8,10-11H,5-6,9,12-14H2,1-4H3,(H,25,28)(H,26,29). The molecule has 3 rings (SSSR count). The van der Waals surface area contributed by atoms with Crippen LogP contribution >= 0.6 is 0 Å². The van der Waals surface area contributed by atoms with Crippen molar-refractivity contribution in [3.8, 4) is 11.5 Å². The van der Waals surface area contributed by atoms with Crippen LogP contribution in [0.2, 0.25) is 0 Å². The third kappa shape index (κ3) is 5.34. The SMILES string of the molecule is CCCCOc1ccc(CNC(=O)c2cc3c([nH]c2=O)CC(C)(C)CC3=O)cc1OC. The first-order valence-corrected chi connectivity index (χ1v) is 10.6. The molecule has 0 aliphatic heterocycles. The van der Waals surface area contributed by atoms with Crippen molar-refractivity contribution >= 4 is 11.7 Å². The van der Waals surface area contributed by atoms with Gasteiger partial charge in [-0.1, -0.05) is 33.3 Å². The number of benzene rings is 1. The molecule has 7 nitrogen and oxygen atoms in total. The van der Waals surface area contributed by atoms with Crippen LogP contribution in [0.4, 0.5) is 0 Å². The maximum atomic E-state index is 12.7. The Bertz CT molecular complexity index is 1040. The minimum atomic E-state index is -0.524. The zero-order valence-corrected chi connectivity index (χ0v) is 18.6. The molecule has 0 saturated heterocycles. The Balaban J connectivity index is 1.72. The molecular formula is C24H30N2O5. The van der Waals surface area contributed by atoms with E-state index in [0.717, 1.165) is 18.4 Å². The average molecular weight is 427 g/mol. The number of rotatable bonds is 8. The normalized spacial score (nSPS) is 14.6. The molecular weight excluding hydrogens is 396 g/mol. The fourth-order valence-electron chi connectivity index (χ4n) is 3.74. The second-order valence-corrected chi connectivity index (χ2v) is 8.72. The van der Waals surface area contributed by atoms with Gasteiger partial charge in [0, 0.05) is 24.2 Å². The fourth-order valence-corrected chi connectivity index (χ4v) is 3.74. The van der Waals surface area contributed by atoms with Gasteiger partial charge in [-0.05, 0) is 42.0 Å². The van der Waals surface area contributed by atoms with Gasteiger partial charge in [-0.15, -0.1) is 0 Å². The van der Waals surface area contributed by atoms with E-state index in [1.807, 2.05) is 26.0 Å². The van der Waals surface area contributed by atoms with Gasteiger partial charge in [-0.3, -0.25) is 14.4 Å². The summed E-state index contributed by atoms with van der Waals surface area (Å²) < 4.78 is 11.1. The van der Waals surface area contributed by atoms with E-state index in [1.54, 1.807) is 13.2 Å². The molecule has 0 saturated carbocycles. The number of ether oxygens (including phenoxy) is 2. The lowest BCUT2D eigenvalue weighted by Crippen LogP contribution is -2.34. The van der Waals surface area contributed by atoms with Crippen molar-refractivity contribution in [2.45, 2.75) is 53.0 Å². The topological polar surface area (TPSA) is 97.5 Å². The van der Waals surface area contributed by atoms with Crippen molar-refractivity contribution < 1.29 is 19.1 Å². The maximum Gasteiger partial charge on any atom is 0.261 e. The van der Waals surface area contributed by atoms with E-state index in [4.69, 9.17) is 9.47 Å². The van der Waals surface area contributed by atoms with Crippen LogP contribution in [-0.2, 0) is 13.0 Å². The molecule has 1 amide bonds. The Morgan fingerprint density at radius 2 is 1.94 bits per heavy atom. The van der Waals surface area contributed by atoms with Crippen molar-refractivity contribution in [3.05, 3.63) is 57.0 Å². The van der Waals surface area contributed by atoms with E-state index in [1.165, 1.54) is 6.07 Å². The second-order valence-electron chi connectivity index (χ2n) is 8.72. The van der Waals surface area contributed by atoms with Gasteiger partial charge in [-0.25, -0.2) is 0 Å². The smallest absolute Gasteiger partial charge is 0.261 e. The Morgan fingerprint density at radius 3 is 2.65 bits per heavy atom. The predicted octanol–water partition coefficient (Wildman–Crippen LogP) is 3.65. The number of hydrogen-bond donors (Lipinski definition) is 2. The summed E-state index contributed by atoms with van der Waals surface area (Å²) in [6.07, 6.45) is 2.98. The monoisotopic (exact) mass is 426 g/mol. The van der Waals surface area contributed by atoms with Gasteiger partial charge in [0.25, 0.3) is 11.5 Å². The second kappa shape index (κ2) is 9.37. The zero-order valence-electron chi connectivity index (χ0n) is 18.6. The highest BCUT2D eigenvalue weighted by molar-refractivity contribution is 6.02. The maximum absolute atomic E-state index is 12.7. The van der Waals surface area contributed by atoms with Crippen LogP contribution in [0.1, 0.15) is 72.0 Å². The highest BCUT2D eigenvalue weighted by Gasteiger charge is 2.32. The summed E-state index contributed by atoms with van der Waals surface area (Å²) in [5, 5.41) is 2.75. The third-order valence-electron chi connectivity index (χ3n) is 5.40. The first kappa shape index (κ1) is 22.6. The molecule has 1 aromatic heterocycles. The Morgan fingerprint density at radius 1 is 1.16 bits per heavy atom. The van der Waals surface area contributed by atoms with Crippen LogP contribution in [0.15, 0.2) is 29.1 Å². The van der Waals surface area contributed by atoms with E-state index in [-0.39, 0.29) is 23.3 Å². The summed E-state index contributed by atoms with van der Waals surface area (Å²) in [4.78, 5) is 40.3. The number of fused-ring (bicyclic) bond motifs is 1. The van der Waals surface area contributed by atoms with Crippen LogP contribution in [0, 0.1) is 5.41 Å². The first-order chi connectivity index (χ1) is 14.7. The largest absolute Gasteiger partial charge is 0.493 e. The number of hydrogen-bond acceptors (Lipinski definition) is 5. The number of pyridine rings is 1. The van der Waals surface area contributed by atoms with Crippen molar-refractivity contribution in [2.24, 2.45) is 5.41 Å². The van der Waals surface area contributed by atoms with Crippen LogP contribution in [-0.4, -0.2) is 30.4 Å². The number of aromatic nitrogens is 1. The van der Waals surface area contributed by atoms with E-state index in [0.29, 0.717) is 42.2 Å². The van der Waals surface area contributed by atoms with E-state index < -0.39 is 11.5 Å².